The third kappa shape index (κ3) is 4.65. The summed E-state index contributed by atoms with van der Waals surface area (Å²) in [7, 11) is 0. The lowest BCUT2D eigenvalue weighted by atomic mass is 10.1. The van der Waals surface area contributed by atoms with Gasteiger partial charge in [0.2, 0.25) is 0 Å². The molecule has 0 radical (unpaired) electrons. The molecule has 2 rings (SSSR count). The molecule has 3 nitrogen and oxygen atoms in total. The van der Waals surface area contributed by atoms with Gasteiger partial charge < -0.3 is 10.1 Å². The maximum Gasteiger partial charge on any atom is 0.261 e. The van der Waals surface area contributed by atoms with Crippen LogP contribution < -0.4 is 10.1 Å². The van der Waals surface area contributed by atoms with Crippen LogP contribution >= 0.6 is 23.2 Å². The molecule has 0 aliphatic carbocycles. The van der Waals surface area contributed by atoms with Crippen molar-refractivity contribution in [1.29, 1.82) is 0 Å². The highest BCUT2D eigenvalue weighted by Crippen LogP contribution is 2.28. The molecule has 0 heterocycles. The highest BCUT2D eigenvalue weighted by Gasteiger charge is 2.16. The largest absolute Gasteiger partial charge is 0.479 e. The quantitative estimate of drug-likeness (QED) is 0.878. The Morgan fingerprint density at radius 3 is 2.55 bits per heavy atom. The summed E-state index contributed by atoms with van der Waals surface area (Å²) in [4.78, 5) is 12.1. The van der Waals surface area contributed by atoms with E-state index in [4.69, 9.17) is 27.9 Å². The molecule has 116 valence electrons. The monoisotopic (exact) mass is 337 g/mol. The zero-order valence-electron chi connectivity index (χ0n) is 12.4. The smallest absolute Gasteiger partial charge is 0.261 e. The van der Waals surface area contributed by atoms with Gasteiger partial charge in [-0.15, -0.1) is 0 Å². The Bertz CT molecular complexity index is 656. The number of hydrogen-bond acceptors (Lipinski definition) is 2. The third-order valence-electron chi connectivity index (χ3n) is 3.15. The van der Waals surface area contributed by atoms with E-state index in [0.717, 1.165) is 5.56 Å². The fourth-order valence-corrected chi connectivity index (χ4v) is 2.17. The fourth-order valence-electron chi connectivity index (χ4n) is 1.85. The van der Waals surface area contributed by atoms with Crippen molar-refractivity contribution in [2.75, 3.05) is 0 Å². The van der Waals surface area contributed by atoms with Gasteiger partial charge in [0.25, 0.3) is 5.91 Å². The van der Waals surface area contributed by atoms with Crippen molar-refractivity contribution < 1.29 is 9.53 Å². The lowest BCUT2D eigenvalue weighted by molar-refractivity contribution is -0.127. The molecule has 2 aromatic rings. The van der Waals surface area contributed by atoms with Crippen LogP contribution in [0.3, 0.4) is 0 Å². The fraction of sp³-hybridized carbons (Fsp3) is 0.235. The van der Waals surface area contributed by atoms with E-state index in [1.54, 1.807) is 25.1 Å². The van der Waals surface area contributed by atoms with E-state index >= 15 is 0 Å². The van der Waals surface area contributed by atoms with E-state index in [1.807, 2.05) is 31.2 Å². The van der Waals surface area contributed by atoms with E-state index in [2.05, 4.69) is 5.32 Å². The first-order chi connectivity index (χ1) is 10.5. The predicted octanol–water partition coefficient (Wildman–Crippen LogP) is 4.39. The standard InChI is InChI=1S/C17H17Cl2NO2/c1-11-3-5-13(6-4-11)10-20-17(21)12(2)22-16-9-14(18)7-8-15(16)19/h3-9,12H,10H2,1-2H3,(H,20,21)/t12-/m0/s1. The van der Waals surface area contributed by atoms with Gasteiger partial charge in [0, 0.05) is 17.6 Å². The molecule has 0 bridgehead atoms. The predicted molar refractivity (Wildman–Crippen MR) is 89.6 cm³/mol. The number of amides is 1. The van der Waals surface area contributed by atoms with Gasteiger partial charge in [-0.25, -0.2) is 0 Å². The first-order valence-corrected chi connectivity index (χ1v) is 7.66. The molecule has 0 fully saturated rings. The molecule has 0 saturated carbocycles. The summed E-state index contributed by atoms with van der Waals surface area (Å²) in [5, 5.41) is 3.76. The number of halogens is 2. The van der Waals surface area contributed by atoms with Gasteiger partial charge in [0.1, 0.15) is 5.75 Å². The second-order valence-corrected chi connectivity index (χ2v) is 5.88. The molecule has 0 spiro atoms. The summed E-state index contributed by atoms with van der Waals surface area (Å²) in [5.74, 6) is 0.184. The highest BCUT2D eigenvalue weighted by molar-refractivity contribution is 6.34. The van der Waals surface area contributed by atoms with Gasteiger partial charge >= 0.3 is 0 Å². The third-order valence-corrected chi connectivity index (χ3v) is 3.70. The average Bonchev–Trinajstić information content (AvgIpc) is 2.50. The Hall–Kier alpha value is -1.71. The minimum Gasteiger partial charge on any atom is -0.479 e. The van der Waals surface area contributed by atoms with Gasteiger partial charge in [0.15, 0.2) is 6.10 Å². The lowest BCUT2D eigenvalue weighted by Gasteiger charge is -2.16. The lowest BCUT2D eigenvalue weighted by Crippen LogP contribution is -2.35. The van der Waals surface area contributed by atoms with Crippen LogP contribution in [-0.2, 0) is 11.3 Å². The van der Waals surface area contributed by atoms with Gasteiger partial charge in [-0.3, -0.25) is 4.79 Å². The summed E-state index contributed by atoms with van der Waals surface area (Å²) in [5.41, 5.74) is 2.22. The van der Waals surface area contributed by atoms with Gasteiger partial charge in [-0.05, 0) is 31.5 Å². The maximum atomic E-state index is 12.1. The Morgan fingerprint density at radius 1 is 1.18 bits per heavy atom. The second-order valence-electron chi connectivity index (χ2n) is 5.04. The molecule has 0 aliphatic rings. The van der Waals surface area contributed by atoms with Crippen LogP contribution in [-0.4, -0.2) is 12.0 Å². The van der Waals surface area contributed by atoms with Crippen LogP contribution in [0.1, 0.15) is 18.1 Å². The van der Waals surface area contributed by atoms with Crippen molar-refractivity contribution in [1.82, 2.24) is 5.32 Å². The van der Waals surface area contributed by atoms with Crippen LogP contribution in [0.5, 0.6) is 5.75 Å². The van der Waals surface area contributed by atoms with E-state index in [9.17, 15) is 4.79 Å². The van der Waals surface area contributed by atoms with Crippen molar-refractivity contribution in [2.24, 2.45) is 0 Å². The first-order valence-electron chi connectivity index (χ1n) is 6.90. The molecule has 1 atom stereocenters. The van der Waals surface area contributed by atoms with Crippen LogP contribution in [0.15, 0.2) is 42.5 Å². The number of aryl methyl sites for hydroxylation is 1. The number of rotatable bonds is 5. The minimum atomic E-state index is -0.665. The van der Waals surface area contributed by atoms with Gasteiger partial charge in [-0.1, -0.05) is 53.0 Å². The highest BCUT2D eigenvalue weighted by atomic mass is 35.5. The number of carbonyl (C=O) groups is 1. The van der Waals surface area contributed by atoms with Crippen molar-refractivity contribution in [3.63, 3.8) is 0 Å². The molecule has 0 aromatic heterocycles. The normalized spacial score (nSPS) is 11.8. The van der Waals surface area contributed by atoms with E-state index in [0.29, 0.717) is 22.3 Å². The Morgan fingerprint density at radius 2 is 1.86 bits per heavy atom. The minimum absolute atomic E-state index is 0.211. The average molecular weight is 338 g/mol. The molecular weight excluding hydrogens is 321 g/mol. The number of hydrogen-bond donors (Lipinski definition) is 1. The molecule has 1 N–H and O–H groups in total. The number of ether oxygens (including phenoxy) is 1. The topological polar surface area (TPSA) is 38.3 Å². The van der Waals surface area contributed by atoms with Crippen molar-refractivity contribution >= 4 is 29.1 Å². The Balaban J connectivity index is 1.91. The van der Waals surface area contributed by atoms with Crippen LogP contribution in [0.25, 0.3) is 0 Å². The SMILES string of the molecule is Cc1ccc(CNC(=O)[C@H](C)Oc2cc(Cl)ccc2Cl)cc1. The number of benzene rings is 2. The van der Waals surface area contributed by atoms with Gasteiger partial charge in [0.05, 0.1) is 5.02 Å². The summed E-state index contributed by atoms with van der Waals surface area (Å²) >= 11 is 11.9. The van der Waals surface area contributed by atoms with Crippen molar-refractivity contribution in [2.45, 2.75) is 26.5 Å². The van der Waals surface area contributed by atoms with Crippen LogP contribution in [0.2, 0.25) is 10.0 Å². The molecule has 1 amide bonds. The van der Waals surface area contributed by atoms with E-state index in [-0.39, 0.29) is 5.91 Å². The molecule has 0 aliphatic heterocycles. The molecule has 22 heavy (non-hydrogen) atoms. The molecule has 5 heteroatoms. The van der Waals surface area contributed by atoms with E-state index < -0.39 is 6.10 Å². The summed E-state index contributed by atoms with van der Waals surface area (Å²) in [6.07, 6.45) is -0.665. The van der Waals surface area contributed by atoms with Crippen LogP contribution in [0.4, 0.5) is 0 Å². The summed E-state index contributed by atoms with van der Waals surface area (Å²) in [6.45, 7) is 4.14. The number of nitrogens with one attached hydrogen (secondary N) is 1. The maximum absolute atomic E-state index is 12.1. The summed E-state index contributed by atoms with van der Waals surface area (Å²) in [6, 6.07) is 12.9. The van der Waals surface area contributed by atoms with Crippen LogP contribution in [0, 0.1) is 6.92 Å². The molecule has 0 saturated heterocycles. The zero-order chi connectivity index (χ0) is 16.1. The first kappa shape index (κ1) is 16.7. The Kier molecular flexibility index (Phi) is 5.69. The van der Waals surface area contributed by atoms with Crippen molar-refractivity contribution in [3.8, 4) is 5.75 Å². The Labute approximate surface area is 140 Å². The van der Waals surface area contributed by atoms with Crippen molar-refractivity contribution in [3.05, 3.63) is 63.6 Å². The number of carbonyl (C=O) groups excluding carboxylic acids is 1. The molecule has 2 aromatic carbocycles. The second kappa shape index (κ2) is 7.52. The van der Waals surface area contributed by atoms with E-state index in [1.165, 1.54) is 5.56 Å². The molecule has 0 unspecified atom stereocenters. The summed E-state index contributed by atoms with van der Waals surface area (Å²) < 4.78 is 5.57. The zero-order valence-corrected chi connectivity index (χ0v) is 13.9. The molecular formula is C17H17Cl2NO2. The van der Waals surface area contributed by atoms with Gasteiger partial charge in [-0.2, -0.15) is 0 Å².